The highest BCUT2D eigenvalue weighted by molar-refractivity contribution is 5.87. The van der Waals surface area contributed by atoms with Crippen molar-refractivity contribution >= 4 is 5.97 Å². The van der Waals surface area contributed by atoms with Crippen LogP contribution in [0.25, 0.3) is 5.69 Å². The minimum absolute atomic E-state index is 0.256. The fraction of sp³-hybridized carbons (Fsp3) is 0.294. The third kappa shape index (κ3) is 2.97. The molecule has 0 saturated carbocycles. The van der Waals surface area contributed by atoms with Crippen molar-refractivity contribution in [2.24, 2.45) is 5.92 Å². The number of benzene rings is 1. The largest absolute Gasteiger partial charge is 0.478 e. The van der Waals surface area contributed by atoms with Crippen LogP contribution in [0.2, 0.25) is 0 Å². The fourth-order valence-corrected chi connectivity index (χ4v) is 2.44. The minimum Gasteiger partial charge on any atom is -0.478 e. The first-order valence-electron chi connectivity index (χ1n) is 6.88. The van der Waals surface area contributed by atoms with E-state index in [0.29, 0.717) is 11.5 Å². The zero-order chi connectivity index (χ0) is 15.6. The molecule has 2 rings (SSSR count). The molecular formula is C17H18N2O2. The van der Waals surface area contributed by atoms with Gasteiger partial charge in [-0.05, 0) is 49.1 Å². The molecule has 1 N–H and O–H groups in total. The van der Waals surface area contributed by atoms with Gasteiger partial charge in [-0.3, -0.25) is 0 Å². The molecular weight excluding hydrogens is 264 g/mol. The normalized spacial score (nSPS) is 10.6. The van der Waals surface area contributed by atoms with Gasteiger partial charge >= 0.3 is 5.97 Å². The standard InChI is InChI=1S/C17H18N2O2/c1-11(2)8-16-12(3)19(10-14(16)9-18)15-6-4-13(5-7-15)17(20)21/h4-7,10-11H,8H2,1-3H3,(H,20,21). The minimum atomic E-state index is -0.941. The molecule has 0 atom stereocenters. The Kier molecular flexibility index (Phi) is 4.13. The van der Waals surface area contributed by atoms with Crippen molar-refractivity contribution in [3.8, 4) is 11.8 Å². The van der Waals surface area contributed by atoms with Crippen LogP contribution < -0.4 is 0 Å². The van der Waals surface area contributed by atoms with Gasteiger partial charge in [0.15, 0.2) is 0 Å². The number of rotatable bonds is 4. The molecule has 108 valence electrons. The molecule has 0 unspecified atom stereocenters. The maximum Gasteiger partial charge on any atom is 0.335 e. The van der Waals surface area contributed by atoms with Crippen molar-refractivity contribution in [2.45, 2.75) is 27.2 Å². The second-order valence-corrected chi connectivity index (χ2v) is 5.54. The molecule has 0 aliphatic heterocycles. The number of hydrogen-bond acceptors (Lipinski definition) is 2. The van der Waals surface area contributed by atoms with Gasteiger partial charge in [0.05, 0.1) is 11.1 Å². The average molecular weight is 282 g/mol. The summed E-state index contributed by atoms with van der Waals surface area (Å²) < 4.78 is 1.95. The third-order valence-electron chi connectivity index (χ3n) is 3.51. The van der Waals surface area contributed by atoms with E-state index in [2.05, 4.69) is 19.9 Å². The van der Waals surface area contributed by atoms with Gasteiger partial charge in [0.2, 0.25) is 0 Å². The van der Waals surface area contributed by atoms with Gasteiger partial charge in [-0.1, -0.05) is 13.8 Å². The highest BCUT2D eigenvalue weighted by Gasteiger charge is 2.15. The van der Waals surface area contributed by atoms with Gasteiger partial charge in [0, 0.05) is 17.6 Å². The molecule has 2 aromatic rings. The highest BCUT2D eigenvalue weighted by atomic mass is 16.4. The van der Waals surface area contributed by atoms with Crippen LogP contribution in [-0.4, -0.2) is 15.6 Å². The summed E-state index contributed by atoms with van der Waals surface area (Å²) in [4.78, 5) is 10.9. The average Bonchev–Trinajstić information content (AvgIpc) is 2.75. The Bertz CT molecular complexity index is 704. The lowest BCUT2D eigenvalue weighted by Crippen LogP contribution is -2.01. The van der Waals surface area contributed by atoms with Gasteiger partial charge in [-0.25, -0.2) is 4.79 Å². The molecule has 0 radical (unpaired) electrons. The van der Waals surface area contributed by atoms with Crippen molar-refractivity contribution < 1.29 is 9.90 Å². The Labute approximate surface area is 124 Å². The van der Waals surface area contributed by atoms with E-state index in [1.165, 1.54) is 0 Å². The maximum absolute atomic E-state index is 10.9. The number of carbonyl (C=O) groups is 1. The predicted octanol–water partition coefficient (Wildman–Crippen LogP) is 3.55. The Balaban J connectivity index is 2.47. The van der Waals surface area contributed by atoms with E-state index in [9.17, 15) is 10.1 Å². The molecule has 1 aromatic carbocycles. The topological polar surface area (TPSA) is 66.0 Å². The molecule has 1 heterocycles. The van der Waals surface area contributed by atoms with Gasteiger partial charge in [0.25, 0.3) is 0 Å². The molecule has 0 aliphatic carbocycles. The first-order chi connectivity index (χ1) is 9.93. The number of carboxylic acid groups (broad SMARTS) is 1. The van der Waals surface area contributed by atoms with E-state index >= 15 is 0 Å². The number of nitrogens with zero attached hydrogens (tertiary/aromatic N) is 2. The second-order valence-electron chi connectivity index (χ2n) is 5.54. The lowest BCUT2D eigenvalue weighted by molar-refractivity contribution is 0.0697. The zero-order valence-electron chi connectivity index (χ0n) is 12.4. The molecule has 4 nitrogen and oxygen atoms in total. The molecule has 0 bridgehead atoms. The van der Waals surface area contributed by atoms with Crippen LogP contribution in [0.4, 0.5) is 0 Å². The first kappa shape index (κ1) is 14.9. The van der Waals surface area contributed by atoms with Gasteiger partial charge in [-0.15, -0.1) is 0 Å². The van der Waals surface area contributed by atoms with Crippen LogP contribution in [-0.2, 0) is 6.42 Å². The quantitative estimate of drug-likeness (QED) is 0.932. The first-order valence-corrected chi connectivity index (χ1v) is 6.88. The number of aromatic carboxylic acids is 1. The van der Waals surface area contributed by atoms with E-state index in [0.717, 1.165) is 23.4 Å². The fourth-order valence-electron chi connectivity index (χ4n) is 2.44. The lowest BCUT2D eigenvalue weighted by atomic mass is 10.0. The Morgan fingerprint density at radius 3 is 2.43 bits per heavy atom. The molecule has 0 fully saturated rings. The van der Waals surface area contributed by atoms with Crippen LogP contribution >= 0.6 is 0 Å². The second kappa shape index (κ2) is 5.84. The number of hydrogen-bond donors (Lipinski definition) is 1. The summed E-state index contributed by atoms with van der Waals surface area (Å²) in [6.45, 7) is 6.24. The predicted molar refractivity (Wildman–Crippen MR) is 80.7 cm³/mol. The summed E-state index contributed by atoms with van der Waals surface area (Å²) >= 11 is 0. The van der Waals surface area contributed by atoms with Crippen molar-refractivity contribution in [2.75, 3.05) is 0 Å². The summed E-state index contributed by atoms with van der Waals surface area (Å²) in [5.74, 6) is -0.468. The lowest BCUT2D eigenvalue weighted by Gasteiger charge is -2.09. The number of carboxylic acids is 1. The van der Waals surface area contributed by atoms with Gasteiger partial charge < -0.3 is 9.67 Å². The molecule has 4 heteroatoms. The summed E-state index contributed by atoms with van der Waals surface area (Å²) in [5.41, 5.74) is 3.90. The van der Waals surface area contributed by atoms with E-state index in [1.807, 2.05) is 17.7 Å². The molecule has 21 heavy (non-hydrogen) atoms. The highest BCUT2D eigenvalue weighted by Crippen LogP contribution is 2.23. The Morgan fingerprint density at radius 1 is 1.33 bits per heavy atom. The Hall–Kier alpha value is -2.54. The van der Waals surface area contributed by atoms with E-state index in [-0.39, 0.29) is 5.56 Å². The third-order valence-corrected chi connectivity index (χ3v) is 3.51. The number of nitriles is 1. The molecule has 0 saturated heterocycles. The van der Waals surface area contributed by atoms with Crippen molar-refractivity contribution in [1.29, 1.82) is 5.26 Å². The summed E-state index contributed by atoms with van der Waals surface area (Å²) in [5, 5.41) is 18.2. The van der Waals surface area contributed by atoms with Gasteiger partial charge in [0.1, 0.15) is 6.07 Å². The van der Waals surface area contributed by atoms with E-state index < -0.39 is 5.97 Å². The van der Waals surface area contributed by atoms with Crippen LogP contribution in [0.5, 0.6) is 0 Å². The van der Waals surface area contributed by atoms with Gasteiger partial charge in [-0.2, -0.15) is 5.26 Å². The number of aromatic nitrogens is 1. The van der Waals surface area contributed by atoms with E-state index in [1.54, 1.807) is 24.3 Å². The smallest absolute Gasteiger partial charge is 0.335 e. The van der Waals surface area contributed by atoms with Crippen molar-refractivity contribution in [3.05, 3.63) is 52.8 Å². The van der Waals surface area contributed by atoms with E-state index in [4.69, 9.17) is 5.11 Å². The van der Waals surface area contributed by atoms with Crippen LogP contribution in [0.3, 0.4) is 0 Å². The van der Waals surface area contributed by atoms with Crippen LogP contribution in [0.1, 0.15) is 41.0 Å². The Morgan fingerprint density at radius 2 is 1.95 bits per heavy atom. The van der Waals surface area contributed by atoms with Crippen LogP contribution in [0.15, 0.2) is 30.5 Å². The van der Waals surface area contributed by atoms with Crippen LogP contribution in [0, 0.1) is 24.2 Å². The molecule has 0 aliphatic rings. The summed E-state index contributed by atoms with van der Waals surface area (Å²) in [6, 6.07) is 8.92. The molecule has 0 spiro atoms. The molecule has 1 aromatic heterocycles. The zero-order valence-corrected chi connectivity index (χ0v) is 12.4. The maximum atomic E-state index is 10.9. The van der Waals surface area contributed by atoms with Crippen molar-refractivity contribution in [3.63, 3.8) is 0 Å². The molecule has 0 amide bonds. The summed E-state index contributed by atoms with van der Waals surface area (Å²) in [7, 11) is 0. The SMILES string of the molecule is Cc1c(CC(C)C)c(C#N)cn1-c1ccc(C(=O)O)cc1. The van der Waals surface area contributed by atoms with Crippen molar-refractivity contribution in [1.82, 2.24) is 4.57 Å². The monoisotopic (exact) mass is 282 g/mol. The summed E-state index contributed by atoms with van der Waals surface area (Å²) in [6.07, 6.45) is 2.68.